The van der Waals surface area contributed by atoms with E-state index >= 15 is 0 Å². The summed E-state index contributed by atoms with van der Waals surface area (Å²) in [5.41, 5.74) is -0.0313. The van der Waals surface area contributed by atoms with Crippen LogP contribution in [0.25, 0.3) is 0 Å². The van der Waals surface area contributed by atoms with Crippen molar-refractivity contribution in [3.05, 3.63) is 0 Å². The van der Waals surface area contributed by atoms with E-state index in [4.69, 9.17) is 9.57 Å². The van der Waals surface area contributed by atoms with Gasteiger partial charge in [0.25, 0.3) is 11.8 Å². The van der Waals surface area contributed by atoms with Gasteiger partial charge in [-0.15, -0.1) is 0 Å². The van der Waals surface area contributed by atoms with Gasteiger partial charge in [0, 0.05) is 12.8 Å². The van der Waals surface area contributed by atoms with Crippen LogP contribution in [-0.4, -0.2) is 29.3 Å². The van der Waals surface area contributed by atoms with Crippen molar-refractivity contribution in [2.24, 2.45) is 5.41 Å². The average Bonchev–Trinajstić information content (AvgIpc) is 2.82. The van der Waals surface area contributed by atoms with Crippen molar-refractivity contribution in [3.63, 3.8) is 0 Å². The third-order valence-corrected chi connectivity index (χ3v) is 2.52. The minimum Gasteiger partial charge on any atom is -0.339 e. The van der Waals surface area contributed by atoms with Crippen molar-refractivity contribution in [2.75, 3.05) is 0 Å². The molecule has 2 heterocycles. The Bertz CT molecular complexity index is 291. The van der Waals surface area contributed by atoms with Crippen molar-refractivity contribution >= 4 is 11.8 Å². The van der Waals surface area contributed by atoms with Gasteiger partial charge >= 0.3 is 0 Å². The molecule has 2 aliphatic rings. The average molecular weight is 213 g/mol. The third kappa shape index (κ3) is 2.03. The molecule has 5 nitrogen and oxygen atoms in total. The smallest absolute Gasteiger partial charge is 0.254 e. The minimum absolute atomic E-state index is 0.0313. The summed E-state index contributed by atoms with van der Waals surface area (Å²) in [5, 5.41) is 0.844. The van der Waals surface area contributed by atoms with Gasteiger partial charge in [-0.2, -0.15) is 5.06 Å². The number of hydrogen-bond acceptors (Lipinski definition) is 4. The Morgan fingerprint density at radius 3 is 2.20 bits per heavy atom. The number of imide groups is 1. The molecular formula is C10H15NO4. The van der Waals surface area contributed by atoms with Crippen LogP contribution in [0.4, 0.5) is 0 Å². The maximum Gasteiger partial charge on any atom is 0.254 e. The van der Waals surface area contributed by atoms with Crippen molar-refractivity contribution in [1.82, 2.24) is 5.06 Å². The van der Waals surface area contributed by atoms with E-state index in [1.54, 1.807) is 0 Å². The van der Waals surface area contributed by atoms with E-state index in [1.807, 2.05) is 20.8 Å². The van der Waals surface area contributed by atoms with Gasteiger partial charge < -0.3 is 4.74 Å². The molecule has 0 N–H and O–H groups in total. The first-order valence-corrected chi connectivity index (χ1v) is 5.07. The number of hydroxylamine groups is 2. The monoisotopic (exact) mass is 213 g/mol. The van der Waals surface area contributed by atoms with Gasteiger partial charge in [-0.05, 0) is 5.41 Å². The topological polar surface area (TPSA) is 59.1 Å². The molecule has 0 spiro atoms. The summed E-state index contributed by atoms with van der Waals surface area (Å²) in [5.74, 6) is -0.550. The van der Waals surface area contributed by atoms with Crippen LogP contribution in [0.1, 0.15) is 33.6 Å². The third-order valence-electron chi connectivity index (χ3n) is 2.52. The first-order chi connectivity index (χ1) is 6.89. The van der Waals surface area contributed by atoms with Crippen LogP contribution in [0.5, 0.6) is 0 Å². The summed E-state index contributed by atoms with van der Waals surface area (Å²) in [7, 11) is 0. The quantitative estimate of drug-likeness (QED) is 0.503. The van der Waals surface area contributed by atoms with Crippen molar-refractivity contribution < 1.29 is 19.2 Å². The number of carbonyl (C=O) groups is 2. The summed E-state index contributed by atoms with van der Waals surface area (Å²) in [6.45, 7) is 6.07. The Morgan fingerprint density at radius 1 is 1.27 bits per heavy atom. The lowest BCUT2D eigenvalue weighted by Gasteiger charge is -2.15. The molecule has 2 aliphatic heterocycles. The fourth-order valence-corrected chi connectivity index (χ4v) is 1.57. The molecule has 2 rings (SSSR count). The number of carbonyl (C=O) groups excluding carboxylic acids is 2. The standard InChI is InChI=1S/C10H15NO4/c1-10(2,3)8-9(14-8)15-11-6(12)4-5-7(11)13/h8-9H,4-5H2,1-3H3. The molecular weight excluding hydrogens is 198 g/mol. The zero-order chi connectivity index (χ0) is 11.2. The molecule has 2 unspecified atom stereocenters. The largest absolute Gasteiger partial charge is 0.339 e. The van der Waals surface area contributed by atoms with Gasteiger partial charge in [0.1, 0.15) is 6.10 Å². The fraction of sp³-hybridized carbons (Fsp3) is 0.800. The molecule has 0 saturated carbocycles. The van der Waals surface area contributed by atoms with Crippen LogP contribution in [-0.2, 0) is 19.2 Å². The first kappa shape index (κ1) is 10.6. The van der Waals surface area contributed by atoms with E-state index < -0.39 is 6.29 Å². The number of nitrogens with zero attached hydrogens (tertiary/aromatic N) is 1. The molecule has 15 heavy (non-hydrogen) atoms. The van der Waals surface area contributed by atoms with Crippen LogP contribution < -0.4 is 0 Å². The van der Waals surface area contributed by atoms with Crippen LogP contribution >= 0.6 is 0 Å². The summed E-state index contributed by atoms with van der Waals surface area (Å²) < 4.78 is 5.27. The number of epoxide rings is 1. The van der Waals surface area contributed by atoms with Gasteiger partial charge in [0.15, 0.2) is 0 Å². The summed E-state index contributed by atoms with van der Waals surface area (Å²) in [4.78, 5) is 27.7. The van der Waals surface area contributed by atoms with Crippen molar-refractivity contribution in [2.45, 2.75) is 46.0 Å². The highest BCUT2D eigenvalue weighted by molar-refractivity contribution is 6.00. The molecule has 0 radical (unpaired) electrons. The zero-order valence-electron chi connectivity index (χ0n) is 9.15. The highest BCUT2D eigenvalue weighted by Crippen LogP contribution is 2.39. The SMILES string of the molecule is CC(C)(C)C1OC1ON1C(=O)CCC1=O. The second-order valence-corrected chi connectivity index (χ2v) is 4.98. The zero-order valence-corrected chi connectivity index (χ0v) is 9.15. The molecule has 0 aliphatic carbocycles. The maximum atomic E-state index is 11.2. The van der Waals surface area contributed by atoms with Gasteiger partial charge in [0.05, 0.1) is 0 Å². The van der Waals surface area contributed by atoms with E-state index in [2.05, 4.69) is 0 Å². The Hall–Kier alpha value is -0.940. The van der Waals surface area contributed by atoms with Gasteiger partial charge in [0.2, 0.25) is 6.29 Å². The molecule has 2 atom stereocenters. The predicted molar refractivity (Wildman–Crippen MR) is 50.3 cm³/mol. The van der Waals surface area contributed by atoms with E-state index in [0.29, 0.717) is 0 Å². The molecule has 5 heteroatoms. The lowest BCUT2D eigenvalue weighted by atomic mass is 9.92. The predicted octanol–water partition coefficient (Wildman–Crippen LogP) is 0.838. The van der Waals surface area contributed by atoms with Crippen LogP contribution in [0.2, 0.25) is 0 Å². The van der Waals surface area contributed by atoms with Gasteiger partial charge in [-0.25, -0.2) is 4.84 Å². The molecule has 2 saturated heterocycles. The first-order valence-electron chi connectivity index (χ1n) is 5.07. The molecule has 0 bridgehead atoms. The van der Waals surface area contributed by atoms with Crippen molar-refractivity contribution in [3.8, 4) is 0 Å². The van der Waals surface area contributed by atoms with Gasteiger partial charge in [-0.3, -0.25) is 9.59 Å². The normalized spacial score (nSPS) is 31.3. The van der Waals surface area contributed by atoms with Crippen LogP contribution in [0, 0.1) is 5.41 Å². The summed E-state index contributed by atoms with van der Waals surface area (Å²) >= 11 is 0. The molecule has 2 fully saturated rings. The Kier molecular flexibility index (Phi) is 2.31. The van der Waals surface area contributed by atoms with Crippen LogP contribution in [0.15, 0.2) is 0 Å². The second-order valence-electron chi connectivity index (χ2n) is 4.98. The van der Waals surface area contributed by atoms with E-state index in [1.165, 1.54) is 0 Å². The second kappa shape index (κ2) is 3.28. The molecule has 84 valence electrons. The van der Waals surface area contributed by atoms with E-state index in [0.717, 1.165) is 5.06 Å². The number of ether oxygens (including phenoxy) is 1. The lowest BCUT2D eigenvalue weighted by molar-refractivity contribution is -0.201. The number of rotatable bonds is 2. The number of hydrogen-bond donors (Lipinski definition) is 0. The minimum atomic E-state index is -0.448. The fourth-order valence-electron chi connectivity index (χ4n) is 1.57. The molecule has 2 amide bonds. The molecule has 0 aromatic heterocycles. The van der Waals surface area contributed by atoms with Gasteiger partial charge in [-0.1, -0.05) is 20.8 Å². The van der Waals surface area contributed by atoms with E-state index in [9.17, 15) is 9.59 Å². The Balaban J connectivity index is 1.90. The van der Waals surface area contributed by atoms with E-state index in [-0.39, 0.29) is 36.2 Å². The molecule has 0 aromatic rings. The van der Waals surface area contributed by atoms with Crippen molar-refractivity contribution in [1.29, 1.82) is 0 Å². The Morgan fingerprint density at radius 2 is 1.80 bits per heavy atom. The number of amides is 2. The molecule has 0 aromatic carbocycles. The lowest BCUT2D eigenvalue weighted by Crippen LogP contribution is -2.32. The summed E-state index contributed by atoms with van der Waals surface area (Å²) in [6, 6.07) is 0. The Labute approximate surface area is 88.3 Å². The van der Waals surface area contributed by atoms with Crippen LogP contribution in [0.3, 0.4) is 0 Å². The highest BCUT2D eigenvalue weighted by atomic mass is 16.9. The highest BCUT2D eigenvalue weighted by Gasteiger charge is 2.51. The summed E-state index contributed by atoms with van der Waals surface area (Å²) in [6.07, 6.45) is -0.00741. The maximum absolute atomic E-state index is 11.2.